The molecule has 4 aromatic carbocycles. The van der Waals surface area contributed by atoms with Crippen LogP contribution in [0.2, 0.25) is 0 Å². The van der Waals surface area contributed by atoms with Gasteiger partial charge < -0.3 is 18.8 Å². The van der Waals surface area contributed by atoms with E-state index < -0.39 is 6.29 Å². The number of hydrogen-bond acceptors (Lipinski definition) is 5. The molecular weight excluding hydrogens is 460 g/mol. The number of fused-ring (bicyclic) bond motifs is 8. The van der Waals surface area contributed by atoms with Gasteiger partial charge in [-0.2, -0.15) is 5.26 Å². The van der Waals surface area contributed by atoms with Crippen molar-refractivity contribution in [3.8, 4) is 17.6 Å². The summed E-state index contributed by atoms with van der Waals surface area (Å²) in [6.07, 6.45) is 4.08. The predicted molar refractivity (Wildman–Crippen MR) is 148 cm³/mol. The first-order valence-electron chi connectivity index (χ1n) is 13.2. The first-order chi connectivity index (χ1) is 18.2. The molecule has 37 heavy (non-hydrogen) atoms. The topological polar surface area (TPSA) is 58.6 Å². The first-order valence-corrected chi connectivity index (χ1v) is 13.2. The third-order valence-corrected chi connectivity index (χ3v) is 7.22. The molecule has 5 heteroatoms. The second-order valence-electron chi connectivity index (χ2n) is 9.69. The fourth-order valence-corrected chi connectivity index (χ4v) is 5.21. The molecule has 0 spiro atoms. The summed E-state index contributed by atoms with van der Waals surface area (Å²) in [6.45, 7) is 6.56. The van der Waals surface area contributed by atoms with E-state index in [0.29, 0.717) is 22.6 Å². The molecule has 1 aliphatic heterocycles. The second kappa shape index (κ2) is 9.71. The van der Waals surface area contributed by atoms with Crippen LogP contribution in [0.3, 0.4) is 0 Å². The maximum absolute atomic E-state index is 9.15. The van der Waals surface area contributed by atoms with E-state index in [1.54, 1.807) is 12.1 Å². The minimum atomic E-state index is -0.598. The van der Waals surface area contributed by atoms with Gasteiger partial charge in [0, 0.05) is 46.6 Å². The van der Waals surface area contributed by atoms with Crippen molar-refractivity contribution in [1.29, 1.82) is 5.26 Å². The lowest BCUT2D eigenvalue weighted by molar-refractivity contribution is 0.0497. The molecule has 0 N–H and O–H groups in total. The zero-order valence-electron chi connectivity index (χ0n) is 21.3. The highest BCUT2D eigenvalue weighted by Gasteiger charge is 2.33. The van der Waals surface area contributed by atoms with E-state index in [4.69, 9.17) is 19.2 Å². The highest BCUT2D eigenvalue weighted by molar-refractivity contribution is 6.22. The largest absolute Gasteiger partial charge is 0.452 e. The van der Waals surface area contributed by atoms with Gasteiger partial charge >= 0.3 is 0 Å². The molecule has 0 saturated carbocycles. The van der Waals surface area contributed by atoms with E-state index in [9.17, 15) is 0 Å². The van der Waals surface area contributed by atoms with E-state index in [1.165, 1.54) is 31.4 Å². The van der Waals surface area contributed by atoms with Crippen molar-refractivity contribution < 1.29 is 13.9 Å². The quantitative estimate of drug-likeness (QED) is 0.218. The lowest BCUT2D eigenvalue weighted by Gasteiger charge is -2.24. The monoisotopic (exact) mass is 490 g/mol. The van der Waals surface area contributed by atoms with Crippen LogP contribution in [0.4, 0.5) is 5.69 Å². The van der Waals surface area contributed by atoms with Gasteiger partial charge in [0.05, 0.1) is 11.6 Å². The first kappa shape index (κ1) is 23.2. The van der Waals surface area contributed by atoms with Crippen LogP contribution in [0.5, 0.6) is 11.5 Å². The molecular formula is C32H30N2O3. The summed E-state index contributed by atoms with van der Waals surface area (Å²) in [5, 5.41) is 13.4. The molecule has 0 radical (unpaired) electrons. The van der Waals surface area contributed by atoms with Crippen molar-refractivity contribution >= 4 is 38.4 Å². The molecule has 0 saturated heterocycles. The van der Waals surface area contributed by atoms with Crippen molar-refractivity contribution in [2.24, 2.45) is 0 Å². The van der Waals surface area contributed by atoms with Gasteiger partial charge in [0.2, 0.25) is 5.75 Å². The van der Waals surface area contributed by atoms with Gasteiger partial charge in [0.25, 0.3) is 6.29 Å². The van der Waals surface area contributed by atoms with E-state index in [-0.39, 0.29) is 0 Å². The third-order valence-electron chi connectivity index (χ3n) is 7.22. The van der Waals surface area contributed by atoms with E-state index in [0.717, 1.165) is 45.8 Å². The number of rotatable bonds is 8. The Morgan fingerprint density at radius 3 is 2.22 bits per heavy atom. The Kier molecular flexibility index (Phi) is 6.10. The number of nitriles is 1. The summed E-state index contributed by atoms with van der Waals surface area (Å²) in [6, 6.07) is 24.3. The van der Waals surface area contributed by atoms with E-state index in [1.807, 2.05) is 24.3 Å². The minimum absolute atomic E-state index is 0.598. The Balaban J connectivity index is 1.48. The maximum Gasteiger partial charge on any atom is 0.268 e. The average molecular weight is 491 g/mol. The van der Waals surface area contributed by atoms with E-state index >= 15 is 0 Å². The van der Waals surface area contributed by atoms with Crippen molar-refractivity contribution in [2.45, 2.75) is 45.8 Å². The van der Waals surface area contributed by atoms with E-state index in [2.05, 4.69) is 55.1 Å². The minimum Gasteiger partial charge on any atom is -0.452 e. The zero-order valence-corrected chi connectivity index (χ0v) is 21.3. The van der Waals surface area contributed by atoms with Crippen LogP contribution >= 0.6 is 0 Å². The second-order valence-corrected chi connectivity index (χ2v) is 9.69. The summed E-state index contributed by atoms with van der Waals surface area (Å²) in [4.78, 5) is 2.47. The average Bonchev–Trinajstić information content (AvgIpc) is 3.56. The molecule has 0 amide bonds. The van der Waals surface area contributed by atoms with Crippen molar-refractivity contribution in [1.82, 2.24) is 0 Å². The van der Waals surface area contributed by atoms with Crippen LogP contribution in [0.25, 0.3) is 32.7 Å². The molecule has 186 valence electrons. The van der Waals surface area contributed by atoms with Gasteiger partial charge in [0.15, 0.2) is 11.3 Å². The highest BCUT2D eigenvalue weighted by Crippen LogP contribution is 2.53. The van der Waals surface area contributed by atoms with Gasteiger partial charge in [-0.1, -0.05) is 63.1 Å². The maximum atomic E-state index is 9.15. The SMILES string of the molecule is CCCCN(CCCC)c1ccc2c(c1)oc1c3c(c4ccccc4c12)OC(c1ccc(C#N)cc1)O3. The number of benzene rings is 4. The number of ether oxygens (including phenoxy) is 2. The van der Waals surface area contributed by atoms with Crippen LogP contribution in [-0.2, 0) is 0 Å². The summed E-state index contributed by atoms with van der Waals surface area (Å²) in [5.41, 5.74) is 4.22. The summed E-state index contributed by atoms with van der Waals surface area (Å²) < 4.78 is 19.3. The van der Waals surface area contributed by atoms with Gasteiger partial charge in [-0.25, -0.2) is 0 Å². The molecule has 5 nitrogen and oxygen atoms in total. The molecule has 2 heterocycles. The molecule has 0 aliphatic carbocycles. The Morgan fingerprint density at radius 1 is 0.811 bits per heavy atom. The molecule has 1 aliphatic rings. The fourth-order valence-electron chi connectivity index (χ4n) is 5.21. The summed E-state index contributed by atoms with van der Waals surface area (Å²) >= 11 is 0. The molecule has 1 atom stereocenters. The third kappa shape index (κ3) is 4.03. The molecule has 1 unspecified atom stereocenters. The Hall–Kier alpha value is -4.17. The smallest absolute Gasteiger partial charge is 0.268 e. The van der Waals surface area contributed by atoms with Crippen molar-refractivity contribution in [3.63, 3.8) is 0 Å². The Labute approximate surface area is 216 Å². The lowest BCUT2D eigenvalue weighted by Crippen LogP contribution is -2.25. The predicted octanol–water partition coefficient (Wildman–Crippen LogP) is 8.49. The summed E-state index contributed by atoms with van der Waals surface area (Å²) in [7, 11) is 0. The Morgan fingerprint density at radius 2 is 1.51 bits per heavy atom. The fraction of sp³-hybridized carbons (Fsp3) is 0.281. The number of nitrogens with zero attached hydrogens (tertiary/aromatic N) is 2. The molecule has 1 aromatic heterocycles. The number of unbranched alkanes of at least 4 members (excludes halogenated alkanes) is 2. The lowest BCUT2D eigenvalue weighted by atomic mass is 10.0. The van der Waals surface area contributed by atoms with Crippen LogP contribution in [0.1, 0.15) is 56.9 Å². The molecule has 5 aromatic rings. The van der Waals surface area contributed by atoms with Crippen molar-refractivity contribution in [2.75, 3.05) is 18.0 Å². The van der Waals surface area contributed by atoms with Crippen LogP contribution < -0.4 is 14.4 Å². The van der Waals surface area contributed by atoms with Gasteiger partial charge in [-0.05, 0) is 42.5 Å². The number of hydrogen-bond donors (Lipinski definition) is 0. The van der Waals surface area contributed by atoms with Gasteiger partial charge in [-0.15, -0.1) is 0 Å². The number of furan rings is 1. The van der Waals surface area contributed by atoms with Crippen molar-refractivity contribution in [3.05, 3.63) is 77.9 Å². The zero-order chi connectivity index (χ0) is 25.4. The molecule has 6 rings (SSSR count). The number of anilines is 1. The Bertz CT molecular complexity index is 1620. The normalized spacial score (nSPS) is 14.5. The van der Waals surface area contributed by atoms with Crippen LogP contribution in [0.15, 0.2) is 71.1 Å². The van der Waals surface area contributed by atoms with Gasteiger partial charge in [0.1, 0.15) is 5.58 Å². The standard InChI is InChI=1S/C32H30N2O3/c1-3-5-17-34(18-6-4-2)23-15-16-26-27(19-23)35-30-28(26)24-9-7-8-10-25(24)29-31(30)37-32(36-29)22-13-11-21(20-33)12-14-22/h7-16,19,32H,3-6,17-18H2,1-2H3. The highest BCUT2D eigenvalue weighted by atomic mass is 16.7. The summed E-state index contributed by atoms with van der Waals surface area (Å²) in [5.74, 6) is 1.33. The molecule has 0 fully saturated rings. The van der Waals surface area contributed by atoms with Crippen LogP contribution in [0, 0.1) is 11.3 Å². The van der Waals surface area contributed by atoms with Crippen LogP contribution in [-0.4, -0.2) is 13.1 Å². The molecule has 0 bridgehead atoms. The van der Waals surface area contributed by atoms with Gasteiger partial charge in [-0.3, -0.25) is 0 Å².